The van der Waals surface area contributed by atoms with Gasteiger partial charge < -0.3 is 15.4 Å². The van der Waals surface area contributed by atoms with Gasteiger partial charge in [0.2, 0.25) is 11.8 Å². The van der Waals surface area contributed by atoms with E-state index in [1.807, 2.05) is 18.2 Å². The van der Waals surface area contributed by atoms with Gasteiger partial charge in [-0.25, -0.2) is 18.4 Å². The van der Waals surface area contributed by atoms with Crippen LogP contribution >= 0.6 is 23.8 Å². The third kappa shape index (κ3) is 7.11. The second-order valence-corrected chi connectivity index (χ2v) is 9.17. The molecule has 3 aromatic rings. The highest BCUT2D eigenvalue weighted by Gasteiger charge is 2.16. The Hall–Kier alpha value is -3.28. The number of hydrogen-bond acceptors (Lipinski definition) is 7. The minimum Gasteiger partial charge on any atom is -0.481 e. The van der Waals surface area contributed by atoms with E-state index in [9.17, 15) is 13.2 Å². The number of methoxy groups -OCH3 is 1. The quantitative estimate of drug-likeness (QED) is 0.398. The maximum atomic E-state index is 12.6. The van der Waals surface area contributed by atoms with E-state index < -0.39 is 10.0 Å². The summed E-state index contributed by atoms with van der Waals surface area (Å²) in [5.41, 5.74) is 1.38. The Balaban J connectivity index is 1.54. The lowest BCUT2D eigenvalue weighted by atomic mass is 10.1. The first-order valence-corrected chi connectivity index (χ1v) is 11.9. The fraction of sp³-hybridized carbons (Fsp3) is 0.143. The fourth-order valence-electron chi connectivity index (χ4n) is 2.72. The Bertz CT molecular complexity index is 1250. The van der Waals surface area contributed by atoms with Crippen LogP contribution in [0, 0.1) is 0 Å². The lowest BCUT2D eigenvalue weighted by Crippen LogP contribution is -2.34. The van der Waals surface area contributed by atoms with Gasteiger partial charge >= 0.3 is 0 Å². The number of anilines is 2. The zero-order valence-electron chi connectivity index (χ0n) is 17.4. The summed E-state index contributed by atoms with van der Waals surface area (Å²) in [6.07, 6.45) is 1.88. The number of hydrogen-bond donors (Lipinski definition) is 3. The van der Waals surface area contributed by atoms with E-state index in [4.69, 9.17) is 28.6 Å². The number of carbonyl (C=O) groups is 1. The monoisotopic (exact) mass is 505 g/mol. The van der Waals surface area contributed by atoms with E-state index in [0.29, 0.717) is 17.1 Å². The maximum absolute atomic E-state index is 12.6. The summed E-state index contributed by atoms with van der Waals surface area (Å²) in [6.45, 7) is 0. The molecule has 0 aliphatic heterocycles. The van der Waals surface area contributed by atoms with Crippen molar-refractivity contribution in [1.29, 1.82) is 0 Å². The molecule has 2 aromatic carbocycles. The van der Waals surface area contributed by atoms with Crippen molar-refractivity contribution in [3.05, 3.63) is 71.5 Å². The highest BCUT2D eigenvalue weighted by molar-refractivity contribution is 7.92. The molecule has 0 atom stereocenters. The summed E-state index contributed by atoms with van der Waals surface area (Å²) in [5.74, 6) is 0.0329. The first-order valence-electron chi connectivity index (χ1n) is 9.60. The van der Waals surface area contributed by atoms with Gasteiger partial charge in [-0.3, -0.25) is 9.52 Å². The average Bonchev–Trinajstić information content (AvgIpc) is 2.78. The number of carbonyl (C=O) groups excluding carboxylic acids is 1. The zero-order valence-corrected chi connectivity index (χ0v) is 19.8. The van der Waals surface area contributed by atoms with Gasteiger partial charge in [0.1, 0.15) is 12.1 Å². The third-order valence-electron chi connectivity index (χ3n) is 4.34. The number of sulfonamides is 1. The molecule has 0 aliphatic carbocycles. The van der Waals surface area contributed by atoms with Crippen molar-refractivity contribution in [1.82, 2.24) is 15.3 Å². The number of ether oxygens (including phenoxy) is 1. The molecule has 0 aliphatic rings. The molecule has 0 spiro atoms. The minimum atomic E-state index is -3.88. The Morgan fingerprint density at radius 1 is 1.12 bits per heavy atom. The van der Waals surface area contributed by atoms with Gasteiger partial charge in [-0.2, -0.15) is 0 Å². The highest BCUT2D eigenvalue weighted by atomic mass is 35.5. The molecule has 9 nitrogen and oxygen atoms in total. The van der Waals surface area contributed by atoms with Crippen molar-refractivity contribution >= 4 is 56.4 Å². The molecule has 3 N–H and O–H groups in total. The van der Waals surface area contributed by atoms with E-state index >= 15 is 0 Å². The van der Waals surface area contributed by atoms with Crippen LogP contribution < -0.4 is 20.1 Å². The van der Waals surface area contributed by atoms with Gasteiger partial charge in [0.05, 0.1) is 12.0 Å². The molecule has 0 saturated carbocycles. The predicted octanol–water partition coefficient (Wildman–Crippen LogP) is 3.39. The summed E-state index contributed by atoms with van der Waals surface area (Å²) in [5, 5.41) is 6.14. The summed E-state index contributed by atoms with van der Waals surface area (Å²) >= 11 is 11.3. The van der Waals surface area contributed by atoms with Gasteiger partial charge in [-0.1, -0.05) is 29.8 Å². The first kappa shape index (κ1) is 24.4. The molecule has 1 amide bonds. The van der Waals surface area contributed by atoms with Crippen molar-refractivity contribution in [2.24, 2.45) is 0 Å². The molecule has 0 unspecified atom stereocenters. The molecule has 172 valence electrons. The van der Waals surface area contributed by atoms with Crippen LogP contribution in [0.4, 0.5) is 11.5 Å². The fourth-order valence-corrected chi connectivity index (χ4v) is 4.18. The van der Waals surface area contributed by atoms with Crippen LogP contribution in [-0.2, 0) is 21.2 Å². The largest absolute Gasteiger partial charge is 0.481 e. The van der Waals surface area contributed by atoms with Gasteiger partial charge in [-0.05, 0) is 54.5 Å². The Morgan fingerprint density at radius 2 is 1.85 bits per heavy atom. The lowest BCUT2D eigenvalue weighted by molar-refractivity contribution is -0.119. The van der Waals surface area contributed by atoms with E-state index in [1.54, 1.807) is 6.07 Å². The standard InChI is InChI=1S/C21H20ClN5O4S2/c1-31-20-12-18(23-13-24-20)27-33(29,30)16-9-7-15(8-10-16)25-21(32)26-19(28)11-6-14-4-2-3-5-17(14)22/h2-5,7-10,12-13H,6,11H2,1H3,(H,23,24,27)(H2,25,26,28,32). The predicted molar refractivity (Wildman–Crippen MR) is 130 cm³/mol. The highest BCUT2D eigenvalue weighted by Crippen LogP contribution is 2.19. The molecule has 1 heterocycles. The van der Waals surface area contributed by atoms with E-state index in [2.05, 4.69) is 25.3 Å². The number of benzene rings is 2. The van der Waals surface area contributed by atoms with Crippen LogP contribution in [0.5, 0.6) is 5.88 Å². The maximum Gasteiger partial charge on any atom is 0.263 e. The first-order chi connectivity index (χ1) is 15.8. The number of amides is 1. The SMILES string of the molecule is COc1cc(NS(=O)(=O)c2ccc(NC(=S)NC(=O)CCc3ccccc3Cl)cc2)ncn1. The van der Waals surface area contributed by atoms with Gasteiger partial charge in [0.25, 0.3) is 10.0 Å². The van der Waals surface area contributed by atoms with Crippen molar-refractivity contribution in [2.75, 3.05) is 17.1 Å². The zero-order chi connectivity index (χ0) is 23.8. The van der Waals surface area contributed by atoms with Gasteiger partial charge in [-0.15, -0.1) is 0 Å². The number of aromatic nitrogens is 2. The molecule has 0 bridgehead atoms. The third-order valence-corrected chi connectivity index (χ3v) is 6.29. The van der Waals surface area contributed by atoms with E-state index in [1.165, 1.54) is 43.8 Å². The second-order valence-electron chi connectivity index (χ2n) is 6.67. The number of aryl methyl sites for hydroxylation is 1. The molecule has 33 heavy (non-hydrogen) atoms. The summed E-state index contributed by atoms with van der Waals surface area (Å²) in [6, 6.07) is 14.5. The number of nitrogens with one attached hydrogen (secondary N) is 3. The van der Waals surface area contributed by atoms with E-state index in [0.717, 1.165) is 5.56 Å². The van der Waals surface area contributed by atoms with Crippen LogP contribution in [0.3, 0.4) is 0 Å². The van der Waals surface area contributed by atoms with E-state index in [-0.39, 0.29) is 34.0 Å². The summed E-state index contributed by atoms with van der Waals surface area (Å²) in [4.78, 5) is 19.8. The van der Waals surface area contributed by atoms with Crippen molar-refractivity contribution < 1.29 is 17.9 Å². The average molecular weight is 506 g/mol. The van der Waals surface area contributed by atoms with Crippen LogP contribution in [0.1, 0.15) is 12.0 Å². The number of halogens is 1. The number of thiocarbonyl (C=S) groups is 1. The Morgan fingerprint density at radius 3 is 2.55 bits per heavy atom. The normalized spacial score (nSPS) is 10.8. The molecule has 0 saturated heterocycles. The molecule has 0 fully saturated rings. The van der Waals surface area contributed by atoms with Crippen LogP contribution in [0.2, 0.25) is 5.02 Å². The summed E-state index contributed by atoms with van der Waals surface area (Å²) < 4.78 is 32.4. The molecular formula is C21H20ClN5O4S2. The van der Waals surface area contributed by atoms with Crippen molar-refractivity contribution in [3.8, 4) is 5.88 Å². The smallest absolute Gasteiger partial charge is 0.263 e. The molecule has 1 aromatic heterocycles. The lowest BCUT2D eigenvalue weighted by Gasteiger charge is -2.11. The number of rotatable bonds is 8. The molecule has 0 radical (unpaired) electrons. The van der Waals surface area contributed by atoms with Crippen molar-refractivity contribution in [2.45, 2.75) is 17.7 Å². The number of nitrogens with zero attached hydrogens (tertiary/aromatic N) is 2. The van der Waals surface area contributed by atoms with Crippen LogP contribution in [0.15, 0.2) is 65.8 Å². The van der Waals surface area contributed by atoms with Crippen molar-refractivity contribution in [3.63, 3.8) is 0 Å². The minimum absolute atomic E-state index is 0.0142. The second kappa shape index (κ2) is 11.0. The van der Waals surface area contributed by atoms with Crippen LogP contribution in [0.25, 0.3) is 0 Å². The Kier molecular flexibility index (Phi) is 8.15. The summed E-state index contributed by atoms with van der Waals surface area (Å²) in [7, 11) is -2.46. The molecule has 12 heteroatoms. The molecule has 3 rings (SSSR count). The van der Waals surface area contributed by atoms with Crippen LogP contribution in [-0.4, -0.2) is 36.5 Å². The Labute approximate surface area is 201 Å². The topological polar surface area (TPSA) is 122 Å². The van der Waals surface area contributed by atoms with Gasteiger partial charge in [0, 0.05) is 23.2 Å². The molecular weight excluding hydrogens is 486 g/mol. The van der Waals surface area contributed by atoms with Gasteiger partial charge in [0.15, 0.2) is 5.11 Å².